The van der Waals surface area contributed by atoms with Crippen LogP contribution in [0.1, 0.15) is 5.56 Å². The molecule has 1 fully saturated rings. The molecular weight excluding hydrogens is 488 g/mol. The minimum Gasteiger partial charge on any atom is -0.454 e. The van der Waals surface area contributed by atoms with E-state index in [1.807, 2.05) is 36.4 Å². The Hall–Kier alpha value is -4.02. The lowest BCUT2D eigenvalue weighted by Crippen LogP contribution is -2.36. The molecule has 3 N–H and O–H groups in total. The molecule has 9 nitrogen and oxygen atoms in total. The number of hydrogen-bond donors (Lipinski definition) is 3. The average Bonchev–Trinajstić information content (AvgIpc) is 2.95. The second kappa shape index (κ2) is 10.2. The molecule has 0 aliphatic carbocycles. The number of hydrogen-bond acceptors (Lipinski definition) is 9. The van der Waals surface area contributed by atoms with E-state index in [9.17, 15) is 4.79 Å². The number of para-hydroxylation sites is 1. The van der Waals surface area contributed by atoms with E-state index in [-0.39, 0.29) is 5.56 Å². The summed E-state index contributed by atoms with van der Waals surface area (Å²) in [5.41, 5.74) is 4.32. The number of H-pyrrole nitrogens is 1. The summed E-state index contributed by atoms with van der Waals surface area (Å²) in [6, 6.07) is 15.7. The minimum absolute atomic E-state index is 0.137. The molecule has 6 rings (SSSR count). The van der Waals surface area contributed by atoms with Crippen LogP contribution >= 0.6 is 11.8 Å². The van der Waals surface area contributed by atoms with Gasteiger partial charge < -0.3 is 30.0 Å². The van der Waals surface area contributed by atoms with Gasteiger partial charge in [0.2, 0.25) is 11.5 Å². The number of anilines is 3. The van der Waals surface area contributed by atoms with Crippen LogP contribution in [-0.2, 0) is 11.3 Å². The van der Waals surface area contributed by atoms with Gasteiger partial charge in [0.1, 0.15) is 5.75 Å². The first-order valence-corrected chi connectivity index (χ1v) is 12.9. The lowest BCUT2D eigenvalue weighted by Gasteiger charge is -2.29. The van der Waals surface area contributed by atoms with E-state index in [0.29, 0.717) is 25.7 Å². The maximum absolute atomic E-state index is 12.5. The number of benzene rings is 2. The third kappa shape index (κ3) is 4.98. The van der Waals surface area contributed by atoms with Crippen molar-refractivity contribution in [1.29, 1.82) is 0 Å². The van der Waals surface area contributed by atoms with E-state index < -0.39 is 0 Å². The van der Waals surface area contributed by atoms with Crippen molar-refractivity contribution in [3.63, 3.8) is 0 Å². The summed E-state index contributed by atoms with van der Waals surface area (Å²) in [7, 11) is 1.79. The van der Waals surface area contributed by atoms with Gasteiger partial charge in [0, 0.05) is 67.6 Å². The van der Waals surface area contributed by atoms with E-state index in [0.717, 1.165) is 62.6 Å². The van der Waals surface area contributed by atoms with Gasteiger partial charge in [-0.1, -0.05) is 17.8 Å². The van der Waals surface area contributed by atoms with Crippen LogP contribution in [0.4, 0.5) is 17.3 Å². The summed E-state index contributed by atoms with van der Waals surface area (Å²) in [6.45, 7) is 3.46. The highest BCUT2D eigenvalue weighted by Crippen LogP contribution is 2.51. The van der Waals surface area contributed by atoms with Crippen LogP contribution in [0.3, 0.4) is 0 Å². The van der Waals surface area contributed by atoms with Gasteiger partial charge in [-0.3, -0.25) is 4.79 Å². The maximum Gasteiger partial charge on any atom is 0.250 e. The Morgan fingerprint density at radius 3 is 2.70 bits per heavy atom. The molecule has 188 valence electrons. The van der Waals surface area contributed by atoms with Crippen molar-refractivity contribution in [3.8, 4) is 22.8 Å². The first-order valence-electron chi connectivity index (χ1n) is 12.1. The number of nitrogens with one attached hydrogen (secondary N) is 3. The standard InChI is InChI=1S/C27H26N6O3S/c1-28-27-30-15-17(16-31-27)14-29-18-5-6-22-24(11-18)37-23-4-2-3-20(26(23)36-22)21-12-19(13-25(34)32-21)33-7-9-35-10-8-33/h2-6,11-13,15-16,29H,7-10,14H2,1H3,(H,32,34)(H,28,30,31). The third-order valence-corrected chi connectivity index (χ3v) is 7.36. The summed E-state index contributed by atoms with van der Waals surface area (Å²) < 4.78 is 11.9. The lowest BCUT2D eigenvalue weighted by atomic mass is 10.1. The number of aromatic nitrogens is 3. The molecule has 1 saturated heterocycles. The molecule has 4 heterocycles. The van der Waals surface area contributed by atoms with E-state index in [4.69, 9.17) is 9.47 Å². The first kappa shape index (κ1) is 23.4. The fraction of sp³-hybridized carbons (Fsp3) is 0.222. The Balaban J connectivity index is 1.24. The molecular formula is C27H26N6O3S. The maximum atomic E-state index is 12.5. The Kier molecular flexibility index (Phi) is 6.42. The highest BCUT2D eigenvalue weighted by Gasteiger charge is 2.23. The van der Waals surface area contributed by atoms with Crippen molar-refractivity contribution in [2.45, 2.75) is 16.3 Å². The van der Waals surface area contributed by atoms with E-state index in [2.05, 4.69) is 36.6 Å². The predicted octanol–water partition coefficient (Wildman–Crippen LogP) is 4.58. The van der Waals surface area contributed by atoms with Crippen molar-refractivity contribution in [2.24, 2.45) is 0 Å². The molecule has 4 aromatic rings. The van der Waals surface area contributed by atoms with Gasteiger partial charge in [-0.15, -0.1) is 0 Å². The average molecular weight is 515 g/mol. The van der Waals surface area contributed by atoms with Crippen molar-refractivity contribution < 1.29 is 9.47 Å². The number of aromatic amines is 1. The molecule has 0 bridgehead atoms. The van der Waals surface area contributed by atoms with E-state index in [1.54, 1.807) is 37.3 Å². The molecule has 2 aliphatic rings. The van der Waals surface area contributed by atoms with Crippen LogP contribution < -0.4 is 25.8 Å². The molecule has 37 heavy (non-hydrogen) atoms. The number of ether oxygens (including phenoxy) is 2. The van der Waals surface area contributed by atoms with Gasteiger partial charge in [-0.25, -0.2) is 9.97 Å². The number of morpholine rings is 1. The van der Waals surface area contributed by atoms with Gasteiger partial charge >= 0.3 is 0 Å². The lowest BCUT2D eigenvalue weighted by molar-refractivity contribution is 0.122. The van der Waals surface area contributed by atoms with Crippen LogP contribution in [0.2, 0.25) is 0 Å². The molecule has 0 atom stereocenters. The zero-order chi connectivity index (χ0) is 25.2. The second-order valence-corrected chi connectivity index (χ2v) is 9.82. The van der Waals surface area contributed by atoms with Crippen molar-refractivity contribution >= 4 is 29.1 Å². The van der Waals surface area contributed by atoms with Crippen LogP contribution in [-0.4, -0.2) is 48.3 Å². The Bertz CT molecular complexity index is 1480. The Morgan fingerprint density at radius 1 is 1.05 bits per heavy atom. The Labute approximate surface area is 218 Å². The van der Waals surface area contributed by atoms with Crippen molar-refractivity contribution in [2.75, 3.05) is 48.9 Å². The minimum atomic E-state index is -0.137. The number of pyridine rings is 1. The highest BCUT2D eigenvalue weighted by atomic mass is 32.2. The third-order valence-electron chi connectivity index (χ3n) is 6.28. The zero-order valence-electron chi connectivity index (χ0n) is 20.3. The highest BCUT2D eigenvalue weighted by molar-refractivity contribution is 7.99. The van der Waals surface area contributed by atoms with E-state index in [1.165, 1.54) is 0 Å². The molecule has 2 aromatic heterocycles. The largest absolute Gasteiger partial charge is 0.454 e. The number of fused-ring (bicyclic) bond motifs is 2. The quantitative estimate of drug-likeness (QED) is 0.300. The number of nitrogens with zero attached hydrogens (tertiary/aromatic N) is 3. The van der Waals surface area contributed by atoms with Gasteiger partial charge in [-0.2, -0.15) is 0 Å². The van der Waals surface area contributed by atoms with Crippen LogP contribution in [0, 0.1) is 0 Å². The molecule has 2 aromatic carbocycles. The molecule has 0 spiro atoms. The van der Waals surface area contributed by atoms with Crippen molar-refractivity contribution in [3.05, 3.63) is 76.8 Å². The fourth-order valence-corrected chi connectivity index (χ4v) is 5.41. The van der Waals surface area contributed by atoms with Crippen LogP contribution in [0.25, 0.3) is 11.3 Å². The zero-order valence-corrected chi connectivity index (χ0v) is 21.1. The molecule has 0 unspecified atom stereocenters. The SMILES string of the molecule is CNc1ncc(CNc2ccc3c(c2)Sc2cccc(-c4cc(N5CCOCC5)cc(=O)[nH]4)c2O3)cn1. The van der Waals surface area contributed by atoms with Gasteiger partial charge in [0.15, 0.2) is 5.75 Å². The topological polar surface area (TPSA) is 104 Å². The summed E-state index contributed by atoms with van der Waals surface area (Å²) in [6.07, 6.45) is 3.61. The monoisotopic (exact) mass is 514 g/mol. The van der Waals surface area contributed by atoms with Crippen LogP contribution in [0.5, 0.6) is 11.5 Å². The summed E-state index contributed by atoms with van der Waals surface area (Å²) in [5, 5.41) is 6.35. The molecule has 0 amide bonds. The van der Waals surface area contributed by atoms with Crippen LogP contribution in [0.15, 0.2) is 75.5 Å². The van der Waals surface area contributed by atoms with Gasteiger partial charge in [0.25, 0.3) is 0 Å². The smallest absolute Gasteiger partial charge is 0.250 e. The summed E-state index contributed by atoms with van der Waals surface area (Å²) >= 11 is 1.65. The Morgan fingerprint density at radius 2 is 1.89 bits per heavy atom. The predicted molar refractivity (Wildman–Crippen MR) is 145 cm³/mol. The number of rotatable bonds is 6. The van der Waals surface area contributed by atoms with E-state index >= 15 is 0 Å². The van der Waals surface area contributed by atoms with Gasteiger partial charge in [-0.05, 0) is 36.4 Å². The summed E-state index contributed by atoms with van der Waals surface area (Å²) in [5.74, 6) is 2.13. The molecule has 10 heteroatoms. The molecule has 2 aliphatic heterocycles. The molecule has 0 saturated carbocycles. The second-order valence-electron chi connectivity index (χ2n) is 8.73. The molecule has 0 radical (unpaired) electrons. The summed E-state index contributed by atoms with van der Waals surface area (Å²) in [4.78, 5) is 28.3. The normalized spacial score (nSPS) is 14.4. The fourth-order valence-electron chi connectivity index (χ4n) is 4.38. The van der Waals surface area contributed by atoms with Crippen molar-refractivity contribution in [1.82, 2.24) is 15.0 Å². The first-order chi connectivity index (χ1) is 18.2. The van der Waals surface area contributed by atoms with Gasteiger partial charge in [0.05, 0.1) is 28.7 Å².